The highest BCUT2D eigenvalue weighted by molar-refractivity contribution is 6.52. The second kappa shape index (κ2) is 6.43. The summed E-state index contributed by atoms with van der Waals surface area (Å²) in [6.45, 7) is 2.48. The molecule has 24 heavy (non-hydrogen) atoms. The quantitative estimate of drug-likeness (QED) is 0.601. The van der Waals surface area contributed by atoms with Gasteiger partial charge in [0.1, 0.15) is 6.54 Å². The number of ether oxygens (including phenoxy) is 1. The van der Waals surface area contributed by atoms with Gasteiger partial charge in [-0.2, -0.15) is 0 Å². The first-order valence-corrected chi connectivity index (χ1v) is 7.92. The van der Waals surface area contributed by atoms with Crippen molar-refractivity contribution in [2.24, 2.45) is 0 Å². The Bertz CT molecular complexity index is 709. The lowest BCUT2D eigenvalue weighted by Gasteiger charge is -2.21. The Morgan fingerprint density at radius 3 is 2.54 bits per heavy atom. The molecule has 0 spiro atoms. The Labute approximate surface area is 139 Å². The summed E-state index contributed by atoms with van der Waals surface area (Å²) in [6.07, 6.45) is 1.00. The minimum absolute atomic E-state index is 0.231. The SMILES string of the molecule is C[C@H](OC(=O)CN1C(=O)C(=O)c2ccccc21)C(=O)N1CCCC1. The molecule has 0 N–H and O–H groups in total. The highest BCUT2D eigenvalue weighted by atomic mass is 16.5. The number of carbonyl (C=O) groups excluding carboxylic acids is 4. The number of Topliss-reactive ketones (excluding diaryl/α,β-unsaturated/α-hetero) is 1. The molecular formula is C17H18N2O5. The average Bonchev–Trinajstić information content (AvgIpc) is 3.18. The van der Waals surface area contributed by atoms with E-state index in [4.69, 9.17) is 4.74 Å². The van der Waals surface area contributed by atoms with Gasteiger partial charge in [0.05, 0.1) is 11.3 Å². The summed E-state index contributed by atoms with van der Waals surface area (Å²) >= 11 is 0. The van der Waals surface area contributed by atoms with Crippen LogP contribution >= 0.6 is 0 Å². The zero-order chi connectivity index (χ0) is 17.3. The number of hydrogen-bond donors (Lipinski definition) is 0. The van der Waals surface area contributed by atoms with E-state index in [1.54, 1.807) is 29.2 Å². The molecule has 0 unspecified atom stereocenters. The maximum Gasteiger partial charge on any atom is 0.326 e. The molecule has 0 radical (unpaired) electrons. The monoisotopic (exact) mass is 330 g/mol. The number of rotatable bonds is 4. The van der Waals surface area contributed by atoms with E-state index in [0.717, 1.165) is 17.7 Å². The predicted molar refractivity (Wildman–Crippen MR) is 84.5 cm³/mol. The van der Waals surface area contributed by atoms with Crippen molar-refractivity contribution in [3.05, 3.63) is 29.8 Å². The topological polar surface area (TPSA) is 84.0 Å². The van der Waals surface area contributed by atoms with Gasteiger partial charge in [-0.1, -0.05) is 12.1 Å². The van der Waals surface area contributed by atoms with Crippen molar-refractivity contribution in [3.8, 4) is 0 Å². The van der Waals surface area contributed by atoms with Crippen LogP contribution < -0.4 is 4.90 Å². The summed E-state index contributed by atoms with van der Waals surface area (Å²) in [4.78, 5) is 50.9. The van der Waals surface area contributed by atoms with E-state index in [1.165, 1.54) is 6.92 Å². The molecule has 2 aliphatic heterocycles. The number of carbonyl (C=O) groups is 4. The molecule has 7 nitrogen and oxygen atoms in total. The predicted octanol–water partition coefficient (Wildman–Crippen LogP) is 0.770. The first kappa shape index (κ1) is 16.2. The van der Waals surface area contributed by atoms with Gasteiger partial charge in [0.2, 0.25) is 0 Å². The summed E-state index contributed by atoms with van der Waals surface area (Å²) in [6, 6.07) is 6.48. The number of benzene rings is 1. The van der Waals surface area contributed by atoms with Crippen LogP contribution in [0.2, 0.25) is 0 Å². The van der Waals surface area contributed by atoms with Gasteiger partial charge in [0.25, 0.3) is 17.6 Å². The largest absolute Gasteiger partial charge is 0.451 e. The van der Waals surface area contributed by atoms with Gasteiger partial charge in [-0.25, -0.2) is 0 Å². The van der Waals surface area contributed by atoms with Crippen molar-refractivity contribution in [2.75, 3.05) is 24.5 Å². The van der Waals surface area contributed by atoms with Crippen LogP contribution in [0.1, 0.15) is 30.1 Å². The normalized spacial score (nSPS) is 17.9. The van der Waals surface area contributed by atoms with Crippen molar-refractivity contribution >= 4 is 29.3 Å². The summed E-state index contributed by atoms with van der Waals surface area (Å²) in [5.74, 6) is -2.34. The van der Waals surface area contributed by atoms with E-state index in [1.807, 2.05) is 0 Å². The van der Waals surface area contributed by atoms with Crippen molar-refractivity contribution in [2.45, 2.75) is 25.9 Å². The number of para-hydroxylation sites is 1. The maximum atomic E-state index is 12.1. The summed E-state index contributed by atoms with van der Waals surface area (Å²) < 4.78 is 5.15. The molecule has 1 fully saturated rings. The molecule has 3 rings (SSSR count). The lowest BCUT2D eigenvalue weighted by Crippen LogP contribution is -2.41. The zero-order valence-corrected chi connectivity index (χ0v) is 13.4. The van der Waals surface area contributed by atoms with Gasteiger partial charge >= 0.3 is 5.97 Å². The number of fused-ring (bicyclic) bond motifs is 1. The summed E-state index contributed by atoms with van der Waals surface area (Å²) in [7, 11) is 0. The first-order valence-electron chi connectivity index (χ1n) is 7.92. The Morgan fingerprint density at radius 2 is 1.83 bits per heavy atom. The van der Waals surface area contributed by atoms with E-state index in [-0.39, 0.29) is 18.0 Å². The molecule has 1 aromatic rings. The lowest BCUT2D eigenvalue weighted by molar-refractivity contribution is -0.157. The number of likely N-dealkylation sites (tertiary alicyclic amines) is 1. The molecule has 7 heteroatoms. The minimum atomic E-state index is -0.903. The third kappa shape index (κ3) is 2.89. The molecule has 1 saturated heterocycles. The van der Waals surface area contributed by atoms with Crippen LogP contribution in [0.5, 0.6) is 0 Å². The summed E-state index contributed by atoms with van der Waals surface area (Å²) in [5.41, 5.74) is 0.666. The average molecular weight is 330 g/mol. The van der Waals surface area contributed by atoms with Gasteiger partial charge in [0.15, 0.2) is 6.10 Å². The van der Waals surface area contributed by atoms with Crippen molar-refractivity contribution in [1.29, 1.82) is 0 Å². The van der Waals surface area contributed by atoms with Crippen LogP contribution in [-0.2, 0) is 19.1 Å². The number of ketones is 1. The van der Waals surface area contributed by atoms with Crippen LogP contribution in [0.15, 0.2) is 24.3 Å². The number of anilines is 1. The molecule has 1 aromatic carbocycles. The van der Waals surface area contributed by atoms with E-state index in [2.05, 4.69) is 0 Å². The van der Waals surface area contributed by atoms with E-state index in [9.17, 15) is 19.2 Å². The molecule has 0 bridgehead atoms. The minimum Gasteiger partial charge on any atom is -0.451 e. The molecule has 0 saturated carbocycles. The molecule has 1 atom stereocenters. The molecule has 0 aliphatic carbocycles. The van der Waals surface area contributed by atoms with Crippen LogP contribution in [0.3, 0.4) is 0 Å². The third-order valence-electron chi connectivity index (χ3n) is 4.24. The lowest BCUT2D eigenvalue weighted by atomic mass is 10.1. The van der Waals surface area contributed by atoms with Gasteiger partial charge in [-0.15, -0.1) is 0 Å². The van der Waals surface area contributed by atoms with Crippen molar-refractivity contribution in [1.82, 2.24) is 4.90 Å². The van der Waals surface area contributed by atoms with Gasteiger partial charge in [-0.05, 0) is 31.9 Å². The molecular weight excluding hydrogens is 312 g/mol. The first-order chi connectivity index (χ1) is 11.5. The van der Waals surface area contributed by atoms with Crippen LogP contribution in [-0.4, -0.2) is 54.2 Å². The second-order valence-corrected chi connectivity index (χ2v) is 5.90. The molecule has 126 valence electrons. The Hall–Kier alpha value is -2.70. The third-order valence-corrected chi connectivity index (χ3v) is 4.24. The van der Waals surface area contributed by atoms with Crippen molar-refractivity contribution in [3.63, 3.8) is 0 Å². The molecule has 2 heterocycles. The Kier molecular flexibility index (Phi) is 4.33. The Morgan fingerprint density at radius 1 is 1.17 bits per heavy atom. The van der Waals surface area contributed by atoms with Crippen molar-refractivity contribution < 1.29 is 23.9 Å². The van der Waals surface area contributed by atoms with Gasteiger partial charge < -0.3 is 9.64 Å². The van der Waals surface area contributed by atoms with Crippen LogP contribution in [0.4, 0.5) is 5.69 Å². The van der Waals surface area contributed by atoms with Gasteiger partial charge in [0, 0.05) is 13.1 Å². The number of hydrogen-bond acceptors (Lipinski definition) is 5. The highest BCUT2D eigenvalue weighted by Gasteiger charge is 2.37. The highest BCUT2D eigenvalue weighted by Crippen LogP contribution is 2.28. The smallest absolute Gasteiger partial charge is 0.326 e. The van der Waals surface area contributed by atoms with Crippen LogP contribution in [0.25, 0.3) is 0 Å². The second-order valence-electron chi connectivity index (χ2n) is 5.90. The van der Waals surface area contributed by atoms with E-state index in [0.29, 0.717) is 18.8 Å². The molecule has 2 amide bonds. The molecule has 2 aliphatic rings. The number of esters is 1. The van der Waals surface area contributed by atoms with E-state index < -0.39 is 23.8 Å². The van der Waals surface area contributed by atoms with Crippen LogP contribution in [0, 0.1) is 0 Å². The number of nitrogens with zero attached hydrogens (tertiary/aromatic N) is 2. The standard InChI is InChI=1S/C17H18N2O5/c1-11(16(22)18-8-4-5-9-18)24-14(20)10-19-13-7-3-2-6-12(13)15(21)17(19)23/h2-3,6-7,11H,4-5,8-10H2,1H3/t11-/m0/s1. The maximum absolute atomic E-state index is 12.1. The van der Waals surface area contributed by atoms with E-state index >= 15 is 0 Å². The zero-order valence-electron chi connectivity index (χ0n) is 13.4. The number of amides is 2. The fourth-order valence-corrected chi connectivity index (χ4v) is 3.01. The Balaban J connectivity index is 1.64. The fourth-order valence-electron chi connectivity index (χ4n) is 3.01. The summed E-state index contributed by atoms with van der Waals surface area (Å²) in [5, 5.41) is 0. The fraction of sp³-hybridized carbons (Fsp3) is 0.412. The van der Waals surface area contributed by atoms with Gasteiger partial charge in [-0.3, -0.25) is 24.1 Å². The molecule has 0 aromatic heterocycles.